The van der Waals surface area contributed by atoms with Crippen LogP contribution >= 0.6 is 0 Å². The molecule has 2 unspecified atom stereocenters. The second-order valence-electron chi connectivity index (χ2n) is 5.37. The summed E-state index contributed by atoms with van der Waals surface area (Å²) in [5.41, 5.74) is 8.29. The van der Waals surface area contributed by atoms with Crippen LogP contribution in [0.15, 0.2) is 6.20 Å². The van der Waals surface area contributed by atoms with Crippen molar-refractivity contribution >= 4 is 0 Å². The molecule has 1 saturated heterocycles. The van der Waals surface area contributed by atoms with Crippen molar-refractivity contribution in [3.8, 4) is 0 Å². The Morgan fingerprint density at radius 2 is 2.24 bits per heavy atom. The van der Waals surface area contributed by atoms with E-state index in [0.717, 1.165) is 25.3 Å². The maximum absolute atomic E-state index is 5.80. The molecule has 17 heavy (non-hydrogen) atoms. The third kappa shape index (κ3) is 2.87. The molecule has 0 saturated carbocycles. The van der Waals surface area contributed by atoms with Crippen molar-refractivity contribution < 1.29 is 0 Å². The highest BCUT2D eigenvalue weighted by Gasteiger charge is 2.25. The lowest BCUT2D eigenvalue weighted by atomic mass is 9.93. The smallest absolute Gasteiger partial charge is 0.0638 e. The SMILES string of the molecule is Cc1nn(C)cc1CN1CC(CN)CCC1C. The summed E-state index contributed by atoms with van der Waals surface area (Å²) in [5, 5.41) is 4.41. The average Bonchev–Trinajstić information content (AvgIpc) is 2.60. The zero-order chi connectivity index (χ0) is 12.4. The van der Waals surface area contributed by atoms with Crippen LogP contribution in [0.4, 0.5) is 0 Å². The van der Waals surface area contributed by atoms with Crippen molar-refractivity contribution in [3.05, 3.63) is 17.5 Å². The molecule has 0 radical (unpaired) electrons. The van der Waals surface area contributed by atoms with Crippen LogP contribution in [0.25, 0.3) is 0 Å². The Bertz CT molecular complexity index is 371. The largest absolute Gasteiger partial charge is 0.330 e. The number of nitrogens with two attached hydrogens (primary N) is 1. The number of aromatic nitrogens is 2. The summed E-state index contributed by atoms with van der Waals surface area (Å²) < 4.78 is 1.90. The molecule has 1 aliphatic heterocycles. The fourth-order valence-electron chi connectivity index (χ4n) is 2.70. The van der Waals surface area contributed by atoms with Crippen molar-refractivity contribution in [2.45, 2.75) is 39.3 Å². The number of aryl methyl sites for hydroxylation is 2. The molecule has 1 fully saturated rings. The lowest BCUT2D eigenvalue weighted by Crippen LogP contribution is -2.43. The van der Waals surface area contributed by atoms with Crippen LogP contribution in [0.1, 0.15) is 31.0 Å². The normalized spacial score (nSPS) is 26.4. The zero-order valence-corrected chi connectivity index (χ0v) is 11.2. The molecule has 2 rings (SSSR count). The number of piperidine rings is 1. The summed E-state index contributed by atoms with van der Waals surface area (Å²) in [6.45, 7) is 7.36. The third-order valence-corrected chi connectivity index (χ3v) is 3.93. The second kappa shape index (κ2) is 5.19. The lowest BCUT2D eigenvalue weighted by Gasteiger charge is -2.37. The fraction of sp³-hybridized carbons (Fsp3) is 0.769. The van der Waals surface area contributed by atoms with Crippen molar-refractivity contribution in [1.82, 2.24) is 14.7 Å². The molecule has 1 aliphatic rings. The quantitative estimate of drug-likeness (QED) is 0.860. The van der Waals surface area contributed by atoms with E-state index in [1.54, 1.807) is 0 Å². The van der Waals surface area contributed by atoms with Gasteiger partial charge in [-0.3, -0.25) is 9.58 Å². The van der Waals surface area contributed by atoms with Gasteiger partial charge >= 0.3 is 0 Å². The van der Waals surface area contributed by atoms with E-state index in [9.17, 15) is 0 Å². The predicted octanol–water partition coefficient (Wildman–Crippen LogP) is 1.29. The van der Waals surface area contributed by atoms with E-state index in [2.05, 4.69) is 30.0 Å². The Kier molecular flexibility index (Phi) is 3.84. The molecular formula is C13H24N4. The van der Waals surface area contributed by atoms with E-state index in [-0.39, 0.29) is 0 Å². The number of likely N-dealkylation sites (tertiary alicyclic amines) is 1. The van der Waals surface area contributed by atoms with Crippen LogP contribution in [0.2, 0.25) is 0 Å². The minimum absolute atomic E-state index is 0.664. The van der Waals surface area contributed by atoms with Gasteiger partial charge in [0.2, 0.25) is 0 Å². The summed E-state index contributed by atoms with van der Waals surface area (Å²) in [4.78, 5) is 2.55. The highest BCUT2D eigenvalue weighted by Crippen LogP contribution is 2.23. The second-order valence-corrected chi connectivity index (χ2v) is 5.37. The van der Waals surface area contributed by atoms with Crippen molar-refractivity contribution in [2.24, 2.45) is 18.7 Å². The van der Waals surface area contributed by atoms with E-state index >= 15 is 0 Å². The molecule has 2 N–H and O–H groups in total. The van der Waals surface area contributed by atoms with Crippen molar-refractivity contribution in [2.75, 3.05) is 13.1 Å². The minimum Gasteiger partial charge on any atom is -0.330 e. The highest BCUT2D eigenvalue weighted by molar-refractivity contribution is 5.15. The van der Waals surface area contributed by atoms with Gasteiger partial charge in [-0.2, -0.15) is 5.10 Å². The van der Waals surface area contributed by atoms with Gasteiger partial charge < -0.3 is 5.73 Å². The lowest BCUT2D eigenvalue weighted by molar-refractivity contribution is 0.113. The molecule has 0 aliphatic carbocycles. The van der Waals surface area contributed by atoms with Crippen LogP contribution < -0.4 is 5.73 Å². The summed E-state index contributed by atoms with van der Waals surface area (Å²) >= 11 is 0. The minimum atomic E-state index is 0.664. The van der Waals surface area contributed by atoms with E-state index in [1.807, 2.05) is 11.7 Å². The first-order chi connectivity index (χ1) is 8.10. The standard InChI is InChI=1S/C13H24N4/c1-10-4-5-12(6-14)7-17(10)9-13-8-16(3)15-11(13)2/h8,10,12H,4-7,9,14H2,1-3H3. The van der Waals surface area contributed by atoms with Gasteiger partial charge in [-0.05, 0) is 39.2 Å². The fourth-order valence-corrected chi connectivity index (χ4v) is 2.70. The third-order valence-electron chi connectivity index (χ3n) is 3.93. The summed E-state index contributed by atoms with van der Waals surface area (Å²) in [5.74, 6) is 0.670. The first kappa shape index (κ1) is 12.6. The van der Waals surface area contributed by atoms with Crippen LogP contribution in [0.5, 0.6) is 0 Å². The molecule has 0 spiro atoms. The van der Waals surface area contributed by atoms with E-state index < -0.39 is 0 Å². The summed E-state index contributed by atoms with van der Waals surface area (Å²) in [6.07, 6.45) is 4.68. The van der Waals surface area contributed by atoms with Crippen LogP contribution in [0.3, 0.4) is 0 Å². The summed E-state index contributed by atoms with van der Waals surface area (Å²) in [7, 11) is 1.98. The Morgan fingerprint density at radius 3 is 2.82 bits per heavy atom. The first-order valence-electron chi connectivity index (χ1n) is 6.53. The van der Waals surface area contributed by atoms with E-state index in [1.165, 1.54) is 18.4 Å². The predicted molar refractivity (Wildman–Crippen MR) is 69.6 cm³/mol. The molecule has 1 aromatic heterocycles. The highest BCUT2D eigenvalue weighted by atomic mass is 15.3. The van der Waals surface area contributed by atoms with Crippen LogP contribution in [-0.4, -0.2) is 33.8 Å². The van der Waals surface area contributed by atoms with Crippen molar-refractivity contribution in [1.29, 1.82) is 0 Å². The first-order valence-corrected chi connectivity index (χ1v) is 6.53. The molecule has 2 atom stereocenters. The maximum atomic E-state index is 5.80. The number of nitrogens with zero attached hydrogens (tertiary/aromatic N) is 3. The number of hydrogen-bond acceptors (Lipinski definition) is 3. The Morgan fingerprint density at radius 1 is 1.47 bits per heavy atom. The topological polar surface area (TPSA) is 47.1 Å². The van der Waals surface area contributed by atoms with Crippen LogP contribution in [0, 0.1) is 12.8 Å². The van der Waals surface area contributed by atoms with Gasteiger partial charge in [0, 0.05) is 37.9 Å². The Labute approximate surface area is 104 Å². The molecular weight excluding hydrogens is 212 g/mol. The molecule has 4 nitrogen and oxygen atoms in total. The molecule has 0 bridgehead atoms. The molecule has 2 heterocycles. The van der Waals surface area contributed by atoms with Gasteiger partial charge in [0.05, 0.1) is 5.69 Å². The molecule has 1 aromatic rings. The molecule has 96 valence electrons. The van der Waals surface area contributed by atoms with Gasteiger partial charge in [0.25, 0.3) is 0 Å². The maximum Gasteiger partial charge on any atom is 0.0638 e. The summed E-state index contributed by atoms with van der Waals surface area (Å²) in [6, 6.07) is 0.664. The Balaban J connectivity index is 2.03. The van der Waals surface area contributed by atoms with E-state index in [0.29, 0.717) is 12.0 Å². The molecule has 0 amide bonds. The van der Waals surface area contributed by atoms with Gasteiger partial charge in [-0.1, -0.05) is 0 Å². The zero-order valence-electron chi connectivity index (χ0n) is 11.2. The van der Waals surface area contributed by atoms with Gasteiger partial charge in [-0.25, -0.2) is 0 Å². The number of hydrogen-bond donors (Lipinski definition) is 1. The van der Waals surface area contributed by atoms with Gasteiger partial charge in [-0.15, -0.1) is 0 Å². The molecule has 0 aromatic carbocycles. The Hall–Kier alpha value is -0.870. The van der Waals surface area contributed by atoms with Crippen molar-refractivity contribution in [3.63, 3.8) is 0 Å². The van der Waals surface area contributed by atoms with Crippen LogP contribution in [-0.2, 0) is 13.6 Å². The van der Waals surface area contributed by atoms with Gasteiger partial charge in [0.15, 0.2) is 0 Å². The molecule has 4 heteroatoms. The average molecular weight is 236 g/mol. The van der Waals surface area contributed by atoms with Gasteiger partial charge in [0.1, 0.15) is 0 Å². The monoisotopic (exact) mass is 236 g/mol. The number of rotatable bonds is 3. The van der Waals surface area contributed by atoms with E-state index in [4.69, 9.17) is 5.73 Å².